The molecule has 0 radical (unpaired) electrons. The first kappa shape index (κ1) is 18.9. The van der Waals surface area contributed by atoms with Crippen molar-refractivity contribution >= 4 is 17.9 Å². The summed E-state index contributed by atoms with van der Waals surface area (Å²) >= 11 is 2.03. The van der Waals surface area contributed by atoms with Gasteiger partial charge in [0.15, 0.2) is 0 Å². The summed E-state index contributed by atoms with van der Waals surface area (Å²) in [6, 6.07) is 0.405. The van der Waals surface area contributed by atoms with Gasteiger partial charge in [-0.25, -0.2) is 4.79 Å². The number of thioether (sulfide) groups is 1. The van der Waals surface area contributed by atoms with E-state index < -0.39 is 5.60 Å². The molecule has 134 valence electrons. The topological polar surface area (TPSA) is 41.6 Å². The van der Waals surface area contributed by atoms with Crippen molar-refractivity contribution in [1.29, 1.82) is 0 Å². The second kappa shape index (κ2) is 8.11. The molecule has 1 amide bonds. The monoisotopic (exact) mass is 342 g/mol. The van der Waals surface area contributed by atoms with Crippen LogP contribution in [0.4, 0.5) is 4.79 Å². The SMILES string of the molecule is CSC1(CNC2CCCN(C(=O)OC(C)(C)C)C2)CCCCC1. The third-order valence-corrected chi connectivity index (χ3v) is 6.40. The van der Waals surface area contributed by atoms with E-state index in [2.05, 4.69) is 11.6 Å². The fraction of sp³-hybridized carbons (Fsp3) is 0.944. The number of amides is 1. The van der Waals surface area contributed by atoms with Crippen LogP contribution in [0.25, 0.3) is 0 Å². The molecule has 23 heavy (non-hydrogen) atoms. The average molecular weight is 343 g/mol. The lowest BCUT2D eigenvalue weighted by Crippen LogP contribution is -2.52. The molecule has 1 aliphatic heterocycles. The average Bonchev–Trinajstić information content (AvgIpc) is 2.52. The lowest BCUT2D eigenvalue weighted by atomic mass is 9.88. The lowest BCUT2D eigenvalue weighted by Gasteiger charge is -2.39. The maximum absolute atomic E-state index is 12.3. The van der Waals surface area contributed by atoms with Crippen LogP contribution < -0.4 is 5.32 Å². The summed E-state index contributed by atoms with van der Waals surface area (Å²) in [7, 11) is 0. The van der Waals surface area contributed by atoms with Crippen LogP contribution in [0.5, 0.6) is 0 Å². The van der Waals surface area contributed by atoms with Gasteiger partial charge in [-0.05, 0) is 52.7 Å². The van der Waals surface area contributed by atoms with Crippen molar-refractivity contribution < 1.29 is 9.53 Å². The predicted molar refractivity (Wildman–Crippen MR) is 98.2 cm³/mol. The molecule has 1 atom stereocenters. The van der Waals surface area contributed by atoms with Crippen molar-refractivity contribution in [2.45, 2.75) is 82.1 Å². The van der Waals surface area contributed by atoms with Crippen LogP contribution in [0.1, 0.15) is 65.7 Å². The Morgan fingerprint density at radius 3 is 2.57 bits per heavy atom. The highest BCUT2D eigenvalue weighted by Crippen LogP contribution is 2.38. The Labute approximate surface area is 146 Å². The Balaban J connectivity index is 1.82. The first-order valence-corrected chi connectivity index (χ1v) is 10.3. The van der Waals surface area contributed by atoms with E-state index in [-0.39, 0.29) is 6.09 Å². The molecule has 0 bridgehead atoms. The highest BCUT2D eigenvalue weighted by atomic mass is 32.2. The highest BCUT2D eigenvalue weighted by Gasteiger charge is 2.33. The molecular formula is C18H34N2O2S. The fourth-order valence-corrected chi connectivity index (χ4v) is 4.54. The molecule has 2 fully saturated rings. The number of ether oxygens (including phenoxy) is 1. The number of nitrogens with one attached hydrogen (secondary N) is 1. The van der Waals surface area contributed by atoms with Gasteiger partial charge in [-0.1, -0.05) is 19.3 Å². The van der Waals surface area contributed by atoms with Gasteiger partial charge >= 0.3 is 6.09 Å². The van der Waals surface area contributed by atoms with Gasteiger partial charge in [0.2, 0.25) is 0 Å². The molecule has 5 heteroatoms. The van der Waals surface area contributed by atoms with Crippen molar-refractivity contribution in [3.8, 4) is 0 Å². The Morgan fingerprint density at radius 1 is 1.26 bits per heavy atom. The van der Waals surface area contributed by atoms with Crippen LogP contribution in [0.3, 0.4) is 0 Å². The third-order valence-electron chi connectivity index (χ3n) is 4.98. The van der Waals surface area contributed by atoms with Gasteiger partial charge in [0.1, 0.15) is 5.60 Å². The van der Waals surface area contributed by atoms with E-state index in [9.17, 15) is 4.79 Å². The number of piperidine rings is 1. The van der Waals surface area contributed by atoms with Gasteiger partial charge in [0.25, 0.3) is 0 Å². The smallest absolute Gasteiger partial charge is 0.410 e. The first-order valence-electron chi connectivity index (χ1n) is 9.10. The normalized spacial score (nSPS) is 25.2. The number of carbonyl (C=O) groups excluding carboxylic acids is 1. The quantitative estimate of drug-likeness (QED) is 0.837. The Kier molecular flexibility index (Phi) is 6.66. The maximum Gasteiger partial charge on any atom is 0.410 e. The van der Waals surface area contributed by atoms with Crippen molar-refractivity contribution in [2.24, 2.45) is 0 Å². The van der Waals surface area contributed by atoms with Crippen molar-refractivity contribution in [1.82, 2.24) is 10.2 Å². The minimum absolute atomic E-state index is 0.166. The molecule has 1 aliphatic carbocycles. The van der Waals surface area contributed by atoms with Crippen LogP contribution >= 0.6 is 11.8 Å². The summed E-state index contributed by atoms with van der Waals surface area (Å²) < 4.78 is 5.93. The van der Waals surface area contributed by atoms with E-state index in [1.54, 1.807) is 0 Å². The largest absolute Gasteiger partial charge is 0.444 e. The minimum Gasteiger partial charge on any atom is -0.444 e. The van der Waals surface area contributed by atoms with Crippen LogP contribution in [-0.2, 0) is 4.74 Å². The summed E-state index contributed by atoms with van der Waals surface area (Å²) in [4.78, 5) is 14.1. The van der Waals surface area contributed by atoms with Gasteiger partial charge in [-0.2, -0.15) is 11.8 Å². The maximum atomic E-state index is 12.3. The van der Waals surface area contributed by atoms with Gasteiger partial charge in [-0.3, -0.25) is 0 Å². The molecule has 1 N–H and O–H groups in total. The number of nitrogens with zero attached hydrogens (tertiary/aromatic N) is 1. The van der Waals surface area contributed by atoms with Crippen LogP contribution in [0, 0.1) is 0 Å². The molecule has 0 spiro atoms. The van der Waals surface area contributed by atoms with Crippen LogP contribution in [0.2, 0.25) is 0 Å². The lowest BCUT2D eigenvalue weighted by molar-refractivity contribution is 0.0186. The number of hydrogen-bond acceptors (Lipinski definition) is 4. The van der Waals surface area contributed by atoms with Gasteiger partial charge < -0.3 is 15.0 Å². The molecule has 0 aromatic carbocycles. The van der Waals surface area contributed by atoms with E-state index in [0.717, 1.165) is 32.5 Å². The zero-order valence-electron chi connectivity index (χ0n) is 15.3. The molecule has 1 unspecified atom stereocenters. The Morgan fingerprint density at radius 2 is 1.96 bits per heavy atom. The van der Waals surface area contributed by atoms with Crippen LogP contribution in [0.15, 0.2) is 0 Å². The molecule has 2 aliphatic rings. The van der Waals surface area contributed by atoms with E-state index in [4.69, 9.17) is 4.74 Å². The number of carbonyl (C=O) groups is 1. The molecular weight excluding hydrogens is 308 g/mol. The molecule has 4 nitrogen and oxygen atoms in total. The molecule has 2 rings (SSSR count). The highest BCUT2D eigenvalue weighted by molar-refractivity contribution is 8.00. The van der Waals surface area contributed by atoms with Crippen molar-refractivity contribution in [3.05, 3.63) is 0 Å². The second-order valence-electron chi connectivity index (χ2n) is 8.09. The minimum atomic E-state index is -0.414. The number of likely N-dealkylation sites (tertiary alicyclic amines) is 1. The summed E-state index contributed by atoms with van der Waals surface area (Å²) in [6.45, 7) is 8.45. The van der Waals surface area contributed by atoms with Gasteiger partial charge in [0, 0.05) is 30.4 Å². The molecule has 1 heterocycles. The van der Waals surface area contributed by atoms with E-state index in [1.807, 2.05) is 37.4 Å². The molecule has 1 saturated heterocycles. The molecule has 0 aromatic rings. The first-order chi connectivity index (χ1) is 10.8. The summed E-state index contributed by atoms with van der Waals surface area (Å²) in [5, 5.41) is 3.76. The van der Waals surface area contributed by atoms with E-state index in [0.29, 0.717) is 10.8 Å². The fourth-order valence-electron chi connectivity index (χ4n) is 3.62. The van der Waals surface area contributed by atoms with E-state index in [1.165, 1.54) is 32.1 Å². The Hall–Kier alpha value is -0.420. The Bertz CT molecular complexity index is 389. The van der Waals surface area contributed by atoms with Crippen LogP contribution in [-0.4, -0.2) is 53.3 Å². The van der Waals surface area contributed by atoms with Crippen molar-refractivity contribution in [3.63, 3.8) is 0 Å². The summed E-state index contributed by atoms with van der Waals surface area (Å²) in [6.07, 6.45) is 11.1. The van der Waals surface area contributed by atoms with Gasteiger partial charge in [-0.15, -0.1) is 0 Å². The summed E-state index contributed by atoms with van der Waals surface area (Å²) in [5.41, 5.74) is -0.414. The number of hydrogen-bond donors (Lipinski definition) is 1. The standard InChI is InChI=1S/C18H34N2O2S/c1-17(2,3)22-16(21)20-12-8-9-15(13-20)19-14-18(23-4)10-6-5-7-11-18/h15,19H,5-14H2,1-4H3. The van der Waals surface area contributed by atoms with Gasteiger partial charge in [0.05, 0.1) is 0 Å². The number of rotatable bonds is 4. The summed E-state index contributed by atoms with van der Waals surface area (Å²) in [5.74, 6) is 0. The third kappa shape index (κ3) is 5.86. The predicted octanol–water partition coefficient (Wildman–Crippen LogP) is 4.04. The second-order valence-corrected chi connectivity index (χ2v) is 9.37. The zero-order chi connectivity index (χ0) is 16.9. The van der Waals surface area contributed by atoms with Crippen molar-refractivity contribution in [2.75, 3.05) is 25.9 Å². The van der Waals surface area contributed by atoms with E-state index >= 15 is 0 Å². The molecule has 0 aromatic heterocycles. The molecule has 1 saturated carbocycles. The zero-order valence-corrected chi connectivity index (χ0v) is 16.1.